The van der Waals surface area contributed by atoms with Crippen LogP contribution in [0.2, 0.25) is 0 Å². The Hall–Kier alpha value is -4.65. The number of anilines is 2. The SMILES string of the molecule is Cn1nc(N2CCC(=O)NC2=O)c2ccc(C3CCN(CC(C)(O)Cc4ccc(S(=O)(=O)N5CCC(Nc6ncc(C(F)(F)F)cn6)CC5)cc4)CC3)cc21. The minimum atomic E-state index is -4.53. The third kappa shape index (κ3) is 8.61. The molecule has 2 aromatic carbocycles. The number of piperidine rings is 2. The van der Waals surface area contributed by atoms with E-state index in [4.69, 9.17) is 0 Å². The van der Waals surface area contributed by atoms with Crippen molar-refractivity contribution in [1.29, 1.82) is 0 Å². The number of carbonyl (C=O) groups excluding carboxylic acids is 2. The normalized spacial score (nSPS) is 19.8. The van der Waals surface area contributed by atoms with Gasteiger partial charge in [-0.1, -0.05) is 18.2 Å². The first-order valence-electron chi connectivity index (χ1n) is 18.3. The molecule has 2 aromatic heterocycles. The largest absolute Gasteiger partial charge is 0.419 e. The van der Waals surface area contributed by atoms with Gasteiger partial charge >= 0.3 is 12.2 Å². The number of aromatic nitrogens is 4. The van der Waals surface area contributed by atoms with E-state index in [9.17, 15) is 36.3 Å². The van der Waals surface area contributed by atoms with Gasteiger partial charge in [-0.2, -0.15) is 22.6 Å². The van der Waals surface area contributed by atoms with Crippen LogP contribution in [0.3, 0.4) is 0 Å². The molecular weight excluding hydrogens is 740 g/mol. The minimum Gasteiger partial charge on any atom is -0.388 e. The number of aryl methyl sites for hydroxylation is 1. The molecule has 0 radical (unpaired) electrons. The fraction of sp³-hybridized carbons (Fsp3) is 0.486. The molecule has 1 unspecified atom stereocenters. The minimum absolute atomic E-state index is 0.0626. The maximum absolute atomic E-state index is 13.4. The summed E-state index contributed by atoms with van der Waals surface area (Å²) in [4.78, 5) is 35.5. The number of alkyl halides is 3. The van der Waals surface area contributed by atoms with Gasteiger partial charge in [0.25, 0.3) is 0 Å². The average molecular weight is 784 g/mol. The van der Waals surface area contributed by atoms with Crippen LogP contribution >= 0.6 is 0 Å². The zero-order valence-electron chi connectivity index (χ0n) is 30.6. The molecule has 3 aliphatic heterocycles. The summed E-state index contributed by atoms with van der Waals surface area (Å²) in [7, 11) is -1.93. The number of hydrogen-bond acceptors (Lipinski definition) is 10. The molecule has 5 heterocycles. The molecule has 3 saturated heterocycles. The third-order valence-electron chi connectivity index (χ3n) is 10.7. The highest BCUT2D eigenvalue weighted by molar-refractivity contribution is 7.89. The molecule has 14 nitrogen and oxygen atoms in total. The van der Waals surface area contributed by atoms with Crippen LogP contribution in [0.15, 0.2) is 59.8 Å². The number of halogens is 3. The number of likely N-dealkylation sites (tertiary alicyclic amines) is 1. The molecule has 1 atom stereocenters. The number of amides is 3. The molecular formula is C37H44F3N9O5S. The van der Waals surface area contributed by atoms with E-state index in [-0.39, 0.29) is 48.8 Å². The predicted molar refractivity (Wildman–Crippen MR) is 198 cm³/mol. The number of rotatable bonds is 10. The maximum Gasteiger partial charge on any atom is 0.419 e. The number of fused-ring (bicyclic) bond motifs is 1. The molecule has 3 amide bonds. The van der Waals surface area contributed by atoms with Crippen molar-refractivity contribution in [2.24, 2.45) is 7.05 Å². The Morgan fingerprint density at radius 2 is 1.62 bits per heavy atom. The number of imide groups is 1. The highest BCUT2D eigenvalue weighted by Crippen LogP contribution is 2.34. The highest BCUT2D eigenvalue weighted by Gasteiger charge is 2.34. The number of carbonyl (C=O) groups is 2. The van der Waals surface area contributed by atoms with Crippen LogP contribution in [-0.2, 0) is 34.5 Å². The van der Waals surface area contributed by atoms with Crippen LogP contribution in [0, 0.1) is 0 Å². The maximum atomic E-state index is 13.4. The van der Waals surface area contributed by atoms with Crippen molar-refractivity contribution in [3.63, 3.8) is 0 Å². The van der Waals surface area contributed by atoms with Crippen molar-refractivity contribution < 1.29 is 36.3 Å². The molecule has 18 heteroatoms. The van der Waals surface area contributed by atoms with E-state index in [1.54, 1.807) is 35.9 Å². The van der Waals surface area contributed by atoms with E-state index in [0.717, 1.165) is 54.8 Å². The lowest BCUT2D eigenvalue weighted by Crippen LogP contribution is -2.49. The lowest BCUT2D eigenvalue weighted by atomic mass is 9.88. The standard InChI is InChI=1S/C37H44F3N9O5S/c1-36(52,23-47-14-9-25(10-15-47)26-5-8-30-31(19-26)46(2)45-33(30)49-18-13-32(50)44-35(49)51)20-24-3-6-29(7-4-24)55(53,54)48-16-11-28(12-17-48)43-34-41-21-27(22-42-34)37(38,39)40/h3-8,19,21-22,25,28,52H,9-18,20,23H2,1-2H3,(H,41,42,43)(H,44,50,51). The van der Waals surface area contributed by atoms with Crippen LogP contribution in [0.1, 0.15) is 61.6 Å². The van der Waals surface area contributed by atoms with Crippen LogP contribution in [0.25, 0.3) is 10.9 Å². The summed E-state index contributed by atoms with van der Waals surface area (Å²) in [5.74, 6) is 0.629. The van der Waals surface area contributed by atoms with E-state index < -0.39 is 33.4 Å². The Morgan fingerprint density at radius 1 is 0.945 bits per heavy atom. The first kappa shape index (κ1) is 38.6. The Balaban J connectivity index is 0.890. The first-order chi connectivity index (χ1) is 26.1. The summed E-state index contributed by atoms with van der Waals surface area (Å²) in [5.41, 5.74) is 0.931. The second-order valence-electron chi connectivity index (χ2n) is 15.0. The zero-order valence-corrected chi connectivity index (χ0v) is 31.4. The van der Waals surface area contributed by atoms with Crippen molar-refractivity contribution >= 4 is 44.6 Å². The molecule has 3 aliphatic rings. The number of hydrogen-bond donors (Lipinski definition) is 3. The molecule has 3 fully saturated rings. The van der Waals surface area contributed by atoms with Crippen molar-refractivity contribution in [3.8, 4) is 0 Å². The number of aliphatic hydroxyl groups is 1. The average Bonchev–Trinajstić information content (AvgIpc) is 3.47. The number of benzene rings is 2. The molecule has 3 N–H and O–H groups in total. The topological polar surface area (TPSA) is 166 Å². The van der Waals surface area contributed by atoms with E-state index in [0.29, 0.717) is 37.5 Å². The Morgan fingerprint density at radius 3 is 2.25 bits per heavy atom. The lowest BCUT2D eigenvalue weighted by molar-refractivity contribution is -0.138. The van der Waals surface area contributed by atoms with E-state index in [1.807, 2.05) is 13.1 Å². The van der Waals surface area contributed by atoms with Gasteiger partial charge in [-0.05, 0) is 87.0 Å². The van der Waals surface area contributed by atoms with E-state index >= 15 is 0 Å². The fourth-order valence-corrected chi connectivity index (χ4v) is 9.25. The first-order valence-corrected chi connectivity index (χ1v) is 19.8. The summed E-state index contributed by atoms with van der Waals surface area (Å²) >= 11 is 0. The van der Waals surface area contributed by atoms with Crippen LogP contribution in [0.4, 0.5) is 29.7 Å². The summed E-state index contributed by atoms with van der Waals surface area (Å²) in [6.07, 6.45) is 0.176. The van der Waals surface area contributed by atoms with Crippen LogP contribution < -0.4 is 15.5 Å². The van der Waals surface area contributed by atoms with Crippen molar-refractivity contribution in [1.82, 2.24) is 34.3 Å². The van der Waals surface area contributed by atoms with Crippen molar-refractivity contribution in [3.05, 3.63) is 71.5 Å². The van der Waals surface area contributed by atoms with Gasteiger partial charge < -0.3 is 15.3 Å². The lowest BCUT2D eigenvalue weighted by Gasteiger charge is -2.37. The van der Waals surface area contributed by atoms with E-state index in [1.165, 1.54) is 14.8 Å². The molecule has 294 valence electrons. The van der Waals surface area contributed by atoms with Gasteiger partial charge in [0.2, 0.25) is 21.9 Å². The van der Waals surface area contributed by atoms with Crippen LogP contribution in [-0.4, -0.2) is 105 Å². The van der Waals surface area contributed by atoms with Crippen molar-refractivity contribution in [2.75, 3.05) is 49.5 Å². The van der Waals surface area contributed by atoms with Crippen LogP contribution in [0.5, 0.6) is 0 Å². The smallest absolute Gasteiger partial charge is 0.388 e. The number of sulfonamides is 1. The summed E-state index contributed by atoms with van der Waals surface area (Å²) in [6, 6.07) is 12.2. The molecule has 0 bridgehead atoms. The highest BCUT2D eigenvalue weighted by atomic mass is 32.2. The Labute approximate surface area is 316 Å². The quantitative estimate of drug-likeness (QED) is 0.212. The number of nitrogens with zero attached hydrogens (tertiary/aromatic N) is 7. The van der Waals surface area contributed by atoms with Gasteiger partial charge in [-0.25, -0.2) is 23.2 Å². The molecule has 4 aromatic rings. The number of β-amino-alcohol motifs (C(OH)–C–C–N with tert-alkyl or cyclic N) is 1. The van der Waals surface area contributed by atoms with E-state index in [2.05, 4.69) is 42.7 Å². The molecule has 7 rings (SSSR count). The zero-order chi connectivity index (χ0) is 39.1. The number of urea groups is 1. The summed E-state index contributed by atoms with van der Waals surface area (Å²) in [6.45, 7) is 4.61. The molecule has 0 aliphatic carbocycles. The Bertz CT molecular complexity index is 2150. The second kappa shape index (κ2) is 15.1. The number of nitrogens with one attached hydrogen (secondary N) is 2. The van der Waals surface area contributed by atoms with Gasteiger partial charge in [0.15, 0.2) is 5.82 Å². The fourth-order valence-electron chi connectivity index (χ4n) is 7.78. The van der Waals surface area contributed by atoms with Gasteiger partial charge in [0, 0.05) is 69.9 Å². The monoisotopic (exact) mass is 783 g/mol. The molecule has 0 saturated carbocycles. The van der Waals surface area contributed by atoms with Gasteiger partial charge in [0.05, 0.1) is 21.6 Å². The summed E-state index contributed by atoms with van der Waals surface area (Å²) < 4.78 is 68.4. The summed E-state index contributed by atoms with van der Waals surface area (Å²) in [5, 5.41) is 22.2. The molecule has 55 heavy (non-hydrogen) atoms. The van der Waals surface area contributed by atoms with Gasteiger partial charge in [0.1, 0.15) is 0 Å². The second-order valence-corrected chi connectivity index (χ2v) is 16.9. The predicted octanol–water partition coefficient (Wildman–Crippen LogP) is 4.27. The Kier molecular flexibility index (Phi) is 10.6. The van der Waals surface area contributed by atoms with Gasteiger partial charge in [-0.15, -0.1) is 0 Å². The van der Waals surface area contributed by atoms with Gasteiger partial charge in [-0.3, -0.25) is 19.7 Å². The third-order valence-corrected chi connectivity index (χ3v) is 12.6. The van der Waals surface area contributed by atoms with Crippen molar-refractivity contribution in [2.45, 2.75) is 74.1 Å². The molecule has 0 spiro atoms.